The van der Waals surface area contributed by atoms with Crippen LogP contribution in [0.15, 0.2) is 29.2 Å². The average molecular weight is 296 g/mol. The van der Waals surface area contributed by atoms with Crippen molar-refractivity contribution in [3.8, 4) is 0 Å². The highest BCUT2D eigenvalue weighted by Crippen LogP contribution is 2.15. The van der Waals surface area contributed by atoms with Crippen molar-refractivity contribution in [1.82, 2.24) is 10.2 Å². The molecular formula is C13H16N2O4S. The summed E-state index contributed by atoms with van der Waals surface area (Å²) in [6, 6.07) is 5.80. The Morgan fingerprint density at radius 1 is 1.25 bits per heavy atom. The summed E-state index contributed by atoms with van der Waals surface area (Å²) >= 11 is 0. The molecule has 1 aromatic carbocycles. The van der Waals surface area contributed by atoms with E-state index in [1.54, 1.807) is 19.1 Å². The number of benzene rings is 1. The number of sulfone groups is 1. The van der Waals surface area contributed by atoms with Gasteiger partial charge >= 0.3 is 0 Å². The van der Waals surface area contributed by atoms with Gasteiger partial charge in [0.1, 0.15) is 6.04 Å². The van der Waals surface area contributed by atoms with Crippen LogP contribution in [0.25, 0.3) is 0 Å². The van der Waals surface area contributed by atoms with E-state index in [0.717, 1.165) is 11.8 Å². The van der Waals surface area contributed by atoms with E-state index in [-0.39, 0.29) is 29.8 Å². The Balaban J connectivity index is 2.17. The van der Waals surface area contributed by atoms with E-state index >= 15 is 0 Å². The van der Waals surface area contributed by atoms with Gasteiger partial charge in [0.2, 0.25) is 11.8 Å². The van der Waals surface area contributed by atoms with Gasteiger partial charge in [0.25, 0.3) is 0 Å². The minimum atomic E-state index is -3.23. The quantitative estimate of drug-likeness (QED) is 0.847. The second-order valence-corrected chi connectivity index (χ2v) is 6.85. The van der Waals surface area contributed by atoms with Gasteiger partial charge in [-0.25, -0.2) is 8.42 Å². The van der Waals surface area contributed by atoms with Crippen LogP contribution in [0.2, 0.25) is 0 Å². The molecule has 0 spiro atoms. The molecule has 1 saturated heterocycles. The maximum atomic E-state index is 11.8. The van der Waals surface area contributed by atoms with Crippen LogP contribution in [0, 0.1) is 0 Å². The largest absolute Gasteiger partial charge is 0.345 e. The molecule has 2 rings (SSSR count). The fourth-order valence-corrected chi connectivity index (χ4v) is 2.66. The molecule has 7 heteroatoms. The smallest absolute Gasteiger partial charge is 0.242 e. The number of nitrogens with zero attached hydrogens (tertiary/aromatic N) is 1. The molecule has 0 bridgehead atoms. The van der Waals surface area contributed by atoms with Crippen molar-refractivity contribution in [2.75, 3.05) is 12.8 Å². The highest BCUT2D eigenvalue weighted by Gasteiger charge is 2.30. The molecule has 2 amide bonds. The first-order valence-electron chi connectivity index (χ1n) is 6.15. The first kappa shape index (κ1) is 14.5. The third-order valence-electron chi connectivity index (χ3n) is 3.29. The van der Waals surface area contributed by atoms with Crippen LogP contribution in [0.5, 0.6) is 0 Å². The van der Waals surface area contributed by atoms with Crippen molar-refractivity contribution in [3.63, 3.8) is 0 Å². The summed E-state index contributed by atoms with van der Waals surface area (Å²) in [5.74, 6) is -0.332. The molecule has 0 aromatic heterocycles. The molecule has 0 radical (unpaired) electrons. The third kappa shape index (κ3) is 2.98. The molecule has 1 aromatic rings. The van der Waals surface area contributed by atoms with Gasteiger partial charge in [-0.05, 0) is 24.6 Å². The standard InChI is InChI=1S/C13H16N2O4S/c1-9-13(17)14-7-12(16)15(9)8-10-3-5-11(6-4-10)20(2,18)19/h3-6,9H,7-8H2,1-2H3,(H,14,17). The van der Waals surface area contributed by atoms with Crippen LogP contribution in [0.4, 0.5) is 0 Å². The van der Waals surface area contributed by atoms with Crippen molar-refractivity contribution < 1.29 is 18.0 Å². The molecule has 1 fully saturated rings. The number of amides is 2. The van der Waals surface area contributed by atoms with Gasteiger partial charge in [-0.1, -0.05) is 12.1 Å². The van der Waals surface area contributed by atoms with Gasteiger partial charge in [-0.3, -0.25) is 9.59 Å². The summed E-state index contributed by atoms with van der Waals surface area (Å²) in [6.45, 7) is 1.96. The fourth-order valence-electron chi connectivity index (χ4n) is 2.03. The lowest BCUT2D eigenvalue weighted by Crippen LogP contribution is -2.56. The highest BCUT2D eigenvalue weighted by molar-refractivity contribution is 7.90. The lowest BCUT2D eigenvalue weighted by atomic mass is 10.1. The van der Waals surface area contributed by atoms with Crippen LogP contribution in [0.3, 0.4) is 0 Å². The second kappa shape index (κ2) is 5.24. The molecule has 0 saturated carbocycles. The van der Waals surface area contributed by atoms with Gasteiger partial charge in [-0.15, -0.1) is 0 Å². The normalized spacial score (nSPS) is 19.9. The maximum Gasteiger partial charge on any atom is 0.242 e. The molecular weight excluding hydrogens is 280 g/mol. The predicted molar refractivity (Wildman–Crippen MR) is 72.6 cm³/mol. The van der Waals surface area contributed by atoms with E-state index in [2.05, 4.69) is 5.32 Å². The minimum Gasteiger partial charge on any atom is -0.345 e. The molecule has 1 atom stereocenters. The van der Waals surface area contributed by atoms with E-state index in [1.165, 1.54) is 17.0 Å². The SMILES string of the molecule is CC1C(=O)NCC(=O)N1Cc1ccc(S(C)(=O)=O)cc1. The molecule has 1 unspecified atom stereocenters. The Hall–Kier alpha value is -1.89. The topological polar surface area (TPSA) is 83.6 Å². The van der Waals surface area contributed by atoms with Crippen LogP contribution in [-0.4, -0.2) is 44.0 Å². The Labute approximate surface area is 117 Å². The van der Waals surface area contributed by atoms with Crippen LogP contribution >= 0.6 is 0 Å². The van der Waals surface area contributed by atoms with Crippen molar-refractivity contribution in [2.45, 2.75) is 24.4 Å². The summed E-state index contributed by atoms with van der Waals surface area (Å²) < 4.78 is 22.7. The third-order valence-corrected chi connectivity index (χ3v) is 4.41. The Kier molecular flexibility index (Phi) is 3.80. The highest BCUT2D eigenvalue weighted by atomic mass is 32.2. The Morgan fingerprint density at radius 2 is 1.85 bits per heavy atom. The van der Waals surface area contributed by atoms with Gasteiger partial charge < -0.3 is 10.2 Å². The summed E-state index contributed by atoms with van der Waals surface area (Å²) in [6.07, 6.45) is 1.14. The van der Waals surface area contributed by atoms with Crippen molar-refractivity contribution in [3.05, 3.63) is 29.8 Å². The molecule has 0 aliphatic carbocycles. The van der Waals surface area contributed by atoms with E-state index in [4.69, 9.17) is 0 Å². The molecule has 108 valence electrons. The van der Waals surface area contributed by atoms with Gasteiger partial charge in [0.15, 0.2) is 9.84 Å². The van der Waals surface area contributed by atoms with Crippen LogP contribution in [-0.2, 0) is 26.0 Å². The van der Waals surface area contributed by atoms with Crippen molar-refractivity contribution in [2.24, 2.45) is 0 Å². The molecule has 20 heavy (non-hydrogen) atoms. The van der Waals surface area contributed by atoms with Crippen LogP contribution < -0.4 is 5.32 Å². The van der Waals surface area contributed by atoms with Gasteiger partial charge in [0, 0.05) is 12.8 Å². The zero-order valence-electron chi connectivity index (χ0n) is 11.3. The van der Waals surface area contributed by atoms with E-state index in [1.807, 2.05) is 0 Å². The second-order valence-electron chi connectivity index (χ2n) is 4.83. The number of carbonyl (C=O) groups is 2. The van der Waals surface area contributed by atoms with Crippen LogP contribution in [0.1, 0.15) is 12.5 Å². The monoisotopic (exact) mass is 296 g/mol. The lowest BCUT2D eigenvalue weighted by Gasteiger charge is -2.32. The number of carbonyl (C=O) groups excluding carboxylic acids is 2. The number of hydrogen-bond acceptors (Lipinski definition) is 4. The predicted octanol–water partition coefficient (Wildman–Crippen LogP) is -0.0630. The van der Waals surface area contributed by atoms with Crippen molar-refractivity contribution in [1.29, 1.82) is 0 Å². The lowest BCUT2D eigenvalue weighted by molar-refractivity contribution is -0.145. The maximum absolute atomic E-state index is 11.8. The minimum absolute atomic E-state index is 0.00456. The van der Waals surface area contributed by atoms with E-state index in [0.29, 0.717) is 0 Å². The zero-order valence-corrected chi connectivity index (χ0v) is 12.1. The molecule has 1 N–H and O–H groups in total. The molecule has 1 aliphatic rings. The average Bonchev–Trinajstić information content (AvgIpc) is 2.39. The number of rotatable bonds is 3. The number of piperazine rings is 1. The molecule has 1 heterocycles. The summed E-state index contributed by atoms with van der Waals surface area (Å²) in [4.78, 5) is 25.1. The first-order valence-corrected chi connectivity index (χ1v) is 8.04. The van der Waals surface area contributed by atoms with E-state index in [9.17, 15) is 18.0 Å². The molecule has 6 nitrogen and oxygen atoms in total. The first-order chi connectivity index (χ1) is 9.29. The van der Waals surface area contributed by atoms with Crippen molar-refractivity contribution >= 4 is 21.7 Å². The number of hydrogen-bond donors (Lipinski definition) is 1. The van der Waals surface area contributed by atoms with Gasteiger partial charge in [0.05, 0.1) is 11.4 Å². The Bertz CT molecular complexity index is 637. The van der Waals surface area contributed by atoms with Gasteiger partial charge in [-0.2, -0.15) is 0 Å². The zero-order chi connectivity index (χ0) is 14.9. The van der Waals surface area contributed by atoms with E-state index < -0.39 is 15.9 Å². The summed E-state index contributed by atoms with van der Waals surface area (Å²) in [7, 11) is -3.23. The molecule has 1 aliphatic heterocycles. The summed E-state index contributed by atoms with van der Waals surface area (Å²) in [5, 5.41) is 2.52. The fraction of sp³-hybridized carbons (Fsp3) is 0.385. The number of nitrogens with one attached hydrogen (secondary N) is 1. The summed E-state index contributed by atoms with van der Waals surface area (Å²) in [5.41, 5.74) is 0.785. The Morgan fingerprint density at radius 3 is 2.40 bits per heavy atom.